The molecule has 0 aromatic heterocycles. The summed E-state index contributed by atoms with van der Waals surface area (Å²) < 4.78 is 12.8. The Morgan fingerprint density at radius 3 is 2.45 bits per heavy atom. The molecule has 1 fully saturated rings. The predicted octanol–water partition coefficient (Wildman–Crippen LogP) is 2.13. The number of carbonyl (C=O) groups excluding carboxylic acids is 2. The number of aryl methyl sites for hydroxylation is 1. The van der Waals surface area contributed by atoms with Crippen molar-refractivity contribution in [3.8, 4) is 0 Å². The molecular formula is C17H23FN2O2. The molecule has 1 aliphatic rings. The lowest BCUT2D eigenvalue weighted by atomic mass is 9.96. The Morgan fingerprint density at radius 2 is 1.86 bits per heavy atom. The topological polar surface area (TPSA) is 49.4 Å². The molecule has 1 aromatic carbocycles. The quantitative estimate of drug-likeness (QED) is 0.906. The van der Waals surface area contributed by atoms with Crippen molar-refractivity contribution < 1.29 is 14.0 Å². The molecule has 0 aliphatic carbocycles. The maximum absolute atomic E-state index is 12.8. The Balaban J connectivity index is 1.64. The van der Waals surface area contributed by atoms with Crippen LogP contribution in [-0.2, 0) is 16.0 Å². The molecule has 2 amide bonds. The van der Waals surface area contributed by atoms with Crippen molar-refractivity contribution in [2.45, 2.75) is 32.6 Å². The number of carbonyl (C=O) groups is 2. The van der Waals surface area contributed by atoms with E-state index in [0.717, 1.165) is 31.5 Å². The summed E-state index contributed by atoms with van der Waals surface area (Å²) in [6, 6.07) is 6.24. The molecule has 1 aliphatic heterocycles. The highest BCUT2D eigenvalue weighted by atomic mass is 19.1. The molecule has 0 bridgehead atoms. The SMILES string of the molecule is CC(=O)N1CCC(CNC(=O)CCc2ccc(F)cc2)CC1. The molecule has 5 heteroatoms. The standard InChI is InChI=1S/C17H23FN2O2/c1-13(21)20-10-8-15(9-11-20)12-19-17(22)7-4-14-2-5-16(18)6-3-14/h2-3,5-6,15H,4,7-12H2,1H3,(H,19,22). The monoisotopic (exact) mass is 306 g/mol. The maximum atomic E-state index is 12.8. The lowest BCUT2D eigenvalue weighted by Gasteiger charge is -2.31. The molecule has 0 atom stereocenters. The summed E-state index contributed by atoms with van der Waals surface area (Å²) in [5.74, 6) is 0.343. The molecule has 0 saturated carbocycles. The van der Waals surface area contributed by atoms with Gasteiger partial charge >= 0.3 is 0 Å². The van der Waals surface area contributed by atoms with E-state index in [2.05, 4.69) is 5.32 Å². The number of benzene rings is 1. The van der Waals surface area contributed by atoms with E-state index in [-0.39, 0.29) is 17.6 Å². The first-order chi connectivity index (χ1) is 10.5. The van der Waals surface area contributed by atoms with Crippen LogP contribution in [0.3, 0.4) is 0 Å². The predicted molar refractivity (Wildman–Crippen MR) is 82.7 cm³/mol. The average molecular weight is 306 g/mol. The molecule has 1 saturated heterocycles. The van der Waals surface area contributed by atoms with Crippen LogP contribution in [0.2, 0.25) is 0 Å². The van der Waals surface area contributed by atoms with Crippen LogP contribution < -0.4 is 5.32 Å². The molecule has 1 aromatic rings. The van der Waals surface area contributed by atoms with Crippen molar-refractivity contribution in [3.63, 3.8) is 0 Å². The van der Waals surface area contributed by atoms with E-state index in [1.165, 1.54) is 12.1 Å². The van der Waals surface area contributed by atoms with Crippen LogP contribution in [0.4, 0.5) is 4.39 Å². The average Bonchev–Trinajstić information content (AvgIpc) is 2.52. The van der Waals surface area contributed by atoms with Gasteiger partial charge in [-0.05, 0) is 42.9 Å². The highest BCUT2D eigenvalue weighted by Gasteiger charge is 2.20. The molecule has 120 valence electrons. The normalized spacial score (nSPS) is 15.6. The summed E-state index contributed by atoms with van der Waals surface area (Å²) in [6.07, 6.45) is 2.92. The van der Waals surface area contributed by atoms with Crippen LogP contribution in [0, 0.1) is 11.7 Å². The molecule has 0 unspecified atom stereocenters. The summed E-state index contributed by atoms with van der Waals surface area (Å²) in [7, 11) is 0. The lowest BCUT2D eigenvalue weighted by Crippen LogP contribution is -2.40. The van der Waals surface area contributed by atoms with Gasteiger partial charge in [-0.15, -0.1) is 0 Å². The second kappa shape index (κ2) is 7.92. The fraction of sp³-hybridized carbons (Fsp3) is 0.529. The largest absolute Gasteiger partial charge is 0.356 e. The van der Waals surface area contributed by atoms with Gasteiger partial charge in [0.05, 0.1) is 0 Å². The van der Waals surface area contributed by atoms with Gasteiger partial charge in [-0.2, -0.15) is 0 Å². The number of hydrogen-bond acceptors (Lipinski definition) is 2. The third-order valence-electron chi connectivity index (χ3n) is 4.20. The number of amides is 2. The molecule has 4 nitrogen and oxygen atoms in total. The van der Waals surface area contributed by atoms with E-state index in [0.29, 0.717) is 25.3 Å². The van der Waals surface area contributed by atoms with Gasteiger partial charge in [-0.3, -0.25) is 9.59 Å². The second-order valence-electron chi connectivity index (χ2n) is 5.88. The highest BCUT2D eigenvalue weighted by molar-refractivity contribution is 5.76. The van der Waals surface area contributed by atoms with Crippen LogP contribution in [0.15, 0.2) is 24.3 Å². The summed E-state index contributed by atoms with van der Waals surface area (Å²) in [6.45, 7) is 3.84. The van der Waals surface area contributed by atoms with Gasteiger partial charge in [-0.1, -0.05) is 12.1 Å². The molecule has 0 radical (unpaired) electrons. The van der Waals surface area contributed by atoms with Crippen molar-refractivity contribution in [2.75, 3.05) is 19.6 Å². The molecular weight excluding hydrogens is 283 g/mol. The Hall–Kier alpha value is -1.91. The van der Waals surface area contributed by atoms with E-state index >= 15 is 0 Å². The molecule has 2 rings (SSSR count). The molecule has 22 heavy (non-hydrogen) atoms. The van der Waals surface area contributed by atoms with E-state index in [1.807, 2.05) is 4.90 Å². The number of nitrogens with zero attached hydrogens (tertiary/aromatic N) is 1. The van der Waals surface area contributed by atoms with Crippen molar-refractivity contribution in [3.05, 3.63) is 35.6 Å². The van der Waals surface area contributed by atoms with Gasteiger partial charge < -0.3 is 10.2 Å². The summed E-state index contributed by atoms with van der Waals surface area (Å²) >= 11 is 0. The smallest absolute Gasteiger partial charge is 0.220 e. The zero-order chi connectivity index (χ0) is 15.9. The van der Waals surface area contributed by atoms with Gasteiger partial charge in [-0.25, -0.2) is 4.39 Å². The van der Waals surface area contributed by atoms with E-state index in [4.69, 9.17) is 0 Å². The first kappa shape index (κ1) is 16.5. The number of likely N-dealkylation sites (tertiary alicyclic amines) is 1. The molecule has 1 heterocycles. The number of piperidine rings is 1. The zero-order valence-corrected chi connectivity index (χ0v) is 13.0. The summed E-state index contributed by atoms with van der Waals surface area (Å²) in [5, 5.41) is 2.96. The van der Waals surface area contributed by atoms with E-state index in [1.54, 1.807) is 19.1 Å². The van der Waals surface area contributed by atoms with Gasteiger partial charge in [0.2, 0.25) is 11.8 Å². The zero-order valence-electron chi connectivity index (χ0n) is 13.0. The minimum absolute atomic E-state index is 0.0262. The van der Waals surface area contributed by atoms with E-state index < -0.39 is 0 Å². The van der Waals surface area contributed by atoms with Crippen LogP contribution in [0.25, 0.3) is 0 Å². The van der Waals surface area contributed by atoms with E-state index in [9.17, 15) is 14.0 Å². The Bertz CT molecular complexity index is 508. The minimum atomic E-state index is -0.259. The van der Waals surface area contributed by atoms with Gasteiger partial charge in [0.25, 0.3) is 0 Å². The summed E-state index contributed by atoms with van der Waals surface area (Å²) in [5.41, 5.74) is 0.964. The van der Waals surface area contributed by atoms with Crippen molar-refractivity contribution in [1.82, 2.24) is 10.2 Å². The van der Waals surface area contributed by atoms with Crippen LogP contribution >= 0.6 is 0 Å². The number of halogens is 1. The first-order valence-corrected chi connectivity index (χ1v) is 7.81. The van der Waals surface area contributed by atoms with Crippen LogP contribution in [0.1, 0.15) is 31.7 Å². The first-order valence-electron chi connectivity index (χ1n) is 7.81. The van der Waals surface area contributed by atoms with Crippen molar-refractivity contribution >= 4 is 11.8 Å². The van der Waals surface area contributed by atoms with Gasteiger partial charge in [0.1, 0.15) is 5.82 Å². The number of rotatable bonds is 5. The lowest BCUT2D eigenvalue weighted by molar-refractivity contribution is -0.130. The number of hydrogen-bond donors (Lipinski definition) is 1. The fourth-order valence-corrected chi connectivity index (χ4v) is 2.71. The van der Waals surface area contributed by atoms with Crippen LogP contribution in [0.5, 0.6) is 0 Å². The second-order valence-corrected chi connectivity index (χ2v) is 5.88. The Kier molecular flexibility index (Phi) is 5.92. The van der Waals surface area contributed by atoms with Gasteiger partial charge in [0.15, 0.2) is 0 Å². The van der Waals surface area contributed by atoms with Crippen molar-refractivity contribution in [1.29, 1.82) is 0 Å². The fourth-order valence-electron chi connectivity index (χ4n) is 2.71. The minimum Gasteiger partial charge on any atom is -0.356 e. The Labute approximate surface area is 130 Å². The van der Waals surface area contributed by atoms with Crippen LogP contribution in [-0.4, -0.2) is 36.3 Å². The van der Waals surface area contributed by atoms with Crippen molar-refractivity contribution in [2.24, 2.45) is 5.92 Å². The third kappa shape index (κ3) is 5.13. The maximum Gasteiger partial charge on any atom is 0.220 e. The van der Waals surface area contributed by atoms with Gasteiger partial charge in [0, 0.05) is 33.0 Å². The Morgan fingerprint density at radius 1 is 1.23 bits per heavy atom. The number of nitrogens with one attached hydrogen (secondary N) is 1. The third-order valence-corrected chi connectivity index (χ3v) is 4.20. The molecule has 0 spiro atoms. The molecule has 1 N–H and O–H groups in total. The summed E-state index contributed by atoms with van der Waals surface area (Å²) in [4.78, 5) is 24.9. The highest BCUT2D eigenvalue weighted by Crippen LogP contribution is 2.16.